The highest BCUT2D eigenvalue weighted by atomic mass is 32.1. The number of hydrogen-bond donors (Lipinski definition) is 1. The molecule has 1 N–H and O–H groups in total. The second kappa shape index (κ2) is 9.13. The van der Waals surface area contributed by atoms with E-state index in [9.17, 15) is 18.0 Å². The Morgan fingerprint density at radius 3 is 2.55 bits per heavy atom. The van der Waals surface area contributed by atoms with Gasteiger partial charge in [-0.2, -0.15) is 24.5 Å². The third-order valence-electron chi connectivity index (χ3n) is 5.29. The molecule has 9 heteroatoms. The summed E-state index contributed by atoms with van der Waals surface area (Å²) in [4.78, 5) is 20.6. The van der Waals surface area contributed by atoms with Crippen molar-refractivity contribution in [1.29, 1.82) is 0 Å². The second-order valence-electron chi connectivity index (χ2n) is 7.45. The van der Waals surface area contributed by atoms with Crippen LogP contribution in [-0.2, 0) is 11.0 Å². The summed E-state index contributed by atoms with van der Waals surface area (Å²) in [6.07, 6.45) is -2.22. The van der Waals surface area contributed by atoms with Crippen LogP contribution in [0.15, 0.2) is 35.2 Å². The smallest absolute Gasteiger partial charge is 0.357 e. The normalized spacial score (nSPS) is 16.8. The molecule has 0 bridgehead atoms. The quantitative estimate of drug-likeness (QED) is 0.764. The number of alkyl halides is 3. The maximum atomic E-state index is 12.7. The van der Waals surface area contributed by atoms with Crippen LogP contribution in [0.25, 0.3) is 0 Å². The van der Waals surface area contributed by atoms with Crippen molar-refractivity contribution in [2.45, 2.75) is 25.1 Å². The fourth-order valence-electron chi connectivity index (χ4n) is 3.52. The molecule has 1 unspecified atom stereocenters. The first-order valence-corrected chi connectivity index (χ1v) is 10.4. The van der Waals surface area contributed by atoms with Gasteiger partial charge in [-0.3, -0.25) is 4.79 Å². The number of thiophene rings is 1. The molecule has 1 aliphatic rings. The number of aromatic nitrogens is 1. The van der Waals surface area contributed by atoms with Gasteiger partial charge in [0.2, 0.25) is 5.91 Å². The van der Waals surface area contributed by atoms with Crippen LogP contribution >= 0.6 is 11.3 Å². The largest absolute Gasteiger partial charge is 0.417 e. The lowest BCUT2D eigenvalue weighted by atomic mass is 9.95. The zero-order valence-corrected chi connectivity index (χ0v) is 17.3. The molecular formula is C20H25F3N4OS. The average molecular weight is 427 g/mol. The molecule has 3 rings (SSSR count). The highest BCUT2D eigenvalue weighted by molar-refractivity contribution is 7.07. The van der Waals surface area contributed by atoms with E-state index in [1.54, 1.807) is 11.3 Å². The van der Waals surface area contributed by atoms with Crippen molar-refractivity contribution >= 4 is 23.1 Å². The fraction of sp³-hybridized carbons (Fsp3) is 0.500. The molecule has 1 aliphatic heterocycles. The number of likely N-dealkylation sites (N-methyl/N-ethyl adjacent to an activating group) is 1. The van der Waals surface area contributed by atoms with Crippen LogP contribution in [0.3, 0.4) is 0 Å². The van der Waals surface area contributed by atoms with Gasteiger partial charge in [-0.25, -0.2) is 4.98 Å². The van der Waals surface area contributed by atoms with Gasteiger partial charge < -0.3 is 15.1 Å². The zero-order chi connectivity index (χ0) is 21.0. The van der Waals surface area contributed by atoms with Crippen molar-refractivity contribution in [2.24, 2.45) is 5.92 Å². The summed E-state index contributed by atoms with van der Waals surface area (Å²) in [5.74, 6) is 0.458. The molecule has 1 saturated heterocycles. The second-order valence-corrected chi connectivity index (χ2v) is 8.23. The average Bonchev–Trinajstić information content (AvgIpc) is 3.22. The van der Waals surface area contributed by atoms with Crippen molar-refractivity contribution in [2.75, 3.05) is 38.6 Å². The van der Waals surface area contributed by atoms with Gasteiger partial charge in [0.25, 0.3) is 0 Å². The summed E-state index contributed by atoms with van der Waals surface area (Å²) in [5, 5.41) is 7.18. The Morgan fingerprint density at radius 1 is 1.31 bits per heavy atom. The lowest BCUT2D eigenvalue weighted by Crippen LogP contribution is -2.43. The number of carbonyl (C=O) groups is 1. The molecule has 0 spiro atoms. The van der Waals surface area contributed by atoms with Crippen molar-refractivity contribution in [3.63, 3.8) is 0 Å². The van der Waals surface area contributed by atoms with Crippen LogP contribution < -0.4 is 10.2 Å². The first-order valence-electron chi connectivity index (χ1n) is 9.50. The Balaban J connectivity index is 1.50. The molecule has 3 heterocycles. The van der Waals surface area contributed by atoms with E-state index in [0.717, 1.165) is 12.3 Å². The Kier molecular flexibility index (Phi) is 6.79. The predicted molar refractivity (Wildman–Crippen MR) is 108 cm³/mol. The lowest BCUT2D eigenvalue weighted by molar-refractivity contribution is -0.137. The first-order chi connectivity index (χ1) is 13.8. The molecule has 29 heavy (non-hydrogen) atoms. The Hall–Kier alpha value is -2.13. The van der Waals surface area contributed by atoms with Gasteiger partial charge in [0, 0.05) is 31.7 Å². The number of nitrogens with one attached hydrogen (secondary N) is 1. The summed E-state index contributed by atoms with van der Waals surface area (Å²) < 4.78 is 38.0. The molecule has 0 aromatic carbocycles. The Morgan fingerprint density at radius 2 is 2.03 bits per heavy atom. The van der Waals surface area contributed by atoms with Crippen molar-refractivity contribution < 1.29 is 18.0 Å². The Bertz CT molecular complexity index is 785. The molecule has 5 nitrogen and oxygen atoms in total. The van der Waals surface area contributed by atoms with Gasteiger partial charge in [0.05, 0.1) is 11.6 Å². The number of anilines is 1. The number of rotatable bonds is 6. The number of piperidine rings is 1. The maximum absolute atomic E-state index is 12.7. The van der Waals surface area contributed by atoms with Crippen LogP contribution in [-0.4, -0.2) is 49.5 Å². The molecular weight excluding hydrogens is 401 g/mol. The van der Waals surface area contributed by atoms with Crippen LogP contribution in [0.1, 0.15) is 30.0 Å². The number of halogens is 3. The van der Waals surface area contributed by atoms with Crippen molar-refractivity contribution in [3.8, 4) is 0 Å². The van der Waals surface area contributed by atoms with E-state index in [4.69, 9.17) is 0 Å². The number of pyridine rings is 1. The number of nitrogens with zero attached hydrogens (tertiary/aromatic N) is 3. The van der Waals surface area contributed by atoms with Gasteiger partial charge in [-0.05, 0) is 61.5 Å². The van der Waals surface area contributed by atoms with Gasteiger partial charge >= 0.3 is 6.18 Å². The highest BCUT2D eigenvalue weighted by Gasteiger charge is 2.31. The molecule has 0 radical (unpaired) electrons. The predicted octanol–water partition coefficient (Wildman–Crippen LogP) is 3.80. The third-order valence-corrected chi connectivity index (χ3v) is 5.99. The number of carbonyl (C=O) groups excluding carboxylic acids is 1. The minimum absolute atomic E-state index is 0.0344. The number of hydrogen-bond acceptors (Lipinski definition) is 5. The van der Waals surface area contributed by atoms with Crippen molar-refractivity contribution in [3.05, 3.63) is 46.3 Å². The van der Waals surface area contributed by atoms with E-state index >= 15 is 0 Å². The standard InChI is InChI=1S/C20H25F3N4OS/c1-26(2)17(15-7-10-29-13-15)12-25-19(28)14-5-8-27(9-6-14)18-4-3-16(11-24-18)20(21,22)23/h3-4,7,10-11,13-14,17H,5-6,8-9,12H2,1-2H3,(H,25,28). The monoisotopic (exact) mass is 426 g/mol. The first kappa shape index (κ1) is 21.6. The molecule has 2 aromatic rings. The third kappa shape index (κ3) is 5.48. The molecule has 0 aliphatic carbocycles. The summed E-state index contributed by atoms with van der Waals surface area (Å²) in [6, 6.07) is 4.64. The SMILES string of the molecule is CN(C)C(CNC(=O)C1CCN(c2ccc(C(F)(F)F)cn2)CC1)c1ccsc1. The Labute approximate surface area is 172 Å². The van der Waals surface area contributed by atoms with Crippen LogP contribution in [0, 0.1) is 5.92 Å². The van der Waals surface area contributed by atoms with Gasteiger partial charge in [-0.1, -0.05) is 0 Å². The van der Waals surface area contributed by atoms with Gasteiger partial charge in [0.15, 0.2) is 0 Å². The van der Waals surface area contributed by atoms with Crippen LogP contribution in [0.4, 0.5) is 19.0 Å². The minimum atomic E-state index is -4.38. The summed E-state index contributed by atoms with van der Waals surface area (Å²) in [7, 11) is 3.98. The van der Waals surface area contributed by atoms with Crippen molar-refractivity contribution in [1.82, 2.24) is 15.2 Å². The van der Waals surface area contributed by atoms with E-state index in [2.05, 4.69) is 26.6 Å². The van der Waals surface area contributed by atoms with Gasteiger partial charge in [-0.15, -0.1) is 0 Å². The van der Waals surface area contributed by atoms with E-state index in [1.165, 1.54) is 11.6 Å². The maximum Gasteiger partial charge on any atom is 0.417 e. The highest BCUT2D eigenvalue weighted by Crippen LogP contribution is 2.30. The number of amides is 1. The molecule has 158 valence electrons. The zero-order valence-electron chi connectivity index (χ0n) is 16.4. The minimum Gasteiger partial charge on any atom is -0.357 e. The van der Waals surface area contributed by atoms with E-state index in [0.29, 0.717) is 38.3 Å². The summed E-state index contributed by atoms with van der Waals surface area (Å²) in [5.41, 5.74) is 0.431. The molecule has 1 amide bonds. The lowest BCUT2D eigenvalue weighted by Gasteiger charge is -2.33. The summed E-state index contributed by atoms with van der Waals surface area (Å²) in [6.45, 7) is 1.74. The molecule has 2 aromatic heterocycles. The summed E-state index contributed by atoms with van der Waals surface area (Å²) >= 11 is 1.63. The van der Waals surface area contributed by atoms with Gasteiger partial charge in [0.1, 0.15) is 5.82 Å². The molecule has 1 atom stereocenters. The fourth-order valence-corrected chi connectivity index (χ4v) is 4.22. The van der Waals surface area contributed by atoms with E-state index < -0.39 is 11.7 Å². The van der Waals surface area contributed by atoms with Crippen LogP contribution in [0.5, 0.6) is 0 Å². The van der Waals surface area contributed by atoms with E-state index in [1.807, 2.05) is 24.4 Å². The molecule has 1 fully saturated rings. The molecule has 0 saturated carbocycles. The van der Waals surface area contributed by atoms with E-state index in [-0.39, 0.29) is 17.9 Å². The topological polar surface area (TPSA) is 48.5 Å². The van der Waals surface area contributed by atoms with Crippen LogP contribution in [0.2, 0.25) is 0 Å².